The molecule has 2 aromatic rings. The van der Waals surface area contributed by atoms with Gasteiger partial charge in [-0.05, 0) is 18.6 Å². The quantitative estimate of drug-likeness (QED) is 0.925. The van der Waals surface area contributed by atoms with Gasteiger partial charge in [-0.2, -0.15) is 0 Å². The normalized spacial score (nSPS) is 14.5. The van der Waals surface area contributed by atoms with Gasteiger partial charge in [-0.15, -0.1) is 0 Å². The van der Waals surface area contributed by atoms with Crippen LogP contribution < -0.4 is 10.6 Å². The zero-order chi connectivity index (χ0) is 14.8. The Morgan fingerprint density at radius 1 is 1.33 bits per heavy atom. The molecule has 1 amide bonds. The van der Waals surface area contributed by atoms with E-state index in [4.69, 9.17) is 17.3 Å². The summed E-state index contributed by atoms with van der Waals surface area (Å²) in [4.78, 5) is 21.6. The molecule has 1 aliphatic rings. The largest absolute Gasteiger partial charge is 0.368 e. The molecular weight excluding hydrogens is 288 g/mol. The highest BCUT2D eigenvalue weighted by atomic mass is 35.5. The lowest BCUT2D eigenvalue weighted by atomic mass is 10.1. The SMILES string of the molecule is Nc1ncc(Cl)c(-c2cccc(N3C=CCCC3=O)c2)n1. The summed E-state index contributed by atoms with van der Waals surface area (Å²) in [6.45, 7) is 0. The maximum atomic E-state index is 12.0. The van der Waals surface area contributed by atoms with Crippen molar-refractivity contribution in [1.29, 1.82) is 0 Å². The Kier molecular flexibility index (Phi) is 3.58. The van der Waals surface area contributed by atoms with Gasteiger partial charge < -0.3 is 5.73 Å². The summed E-state index contributed by atoms with van der Waals surface area (Å²) < 4.78 is 0. The minimum Gasteiger partial charge on any atom is -0.368 e. The van der Waals surface area contributed by atoms with E-state index in [1.54, 1.807) is 11.1 Å². The van der Waals surface area contributed by atoms with Crippen LogP contribution in [0.5, 0.6) is 0 Å². The lowest BCUT2D eigenvalue weighted by molar-refractivity contribution is -0.118. The molecular formula is C15H13ClN4O. The number of hydrogen-bond donors (Lipinski definition) is 1. The van der Waals surface area contributed by atoms with E-state index in [-0.39, 0.29) is 11.9 Å². The van der Waals surface area contributed by atoms with Gasteiger partial charge >= 0.3 is 0 Å². The molecule has 0 fully saturated rings. The lowest BCUT2D eigenvalue weighted by Gasteiger charge is -2.22. The molecule has 0 bridgehead atoms. The van der Waals surface area contributed by atoms with E-state index in [2.05, 4.69) is 9.97 Å². The number of nitrogens with two attached hydrogens (primary N) is 1. The topological polar surface area (TPSA) is 72.1 Å². The first-order valence-electron chi connectivity index (χ1n) is 6.52. The van der Waals surface area contributed by atoms with Crippen molar-refractivity contribution in [2.45, 2.75) is 12.8 Å². The molecule has 0 unspecified atom stereocenters. The van der Waals surface area contributed by atoms with Crippen LogP contribution in [-0.4, -0.2) is 15.9 Å². The van der Waals surface area contributed by atoms with Crippen LogP contribution in [0.25, 0.3) is 11.3 Å². The Morgan fingerprint density at radius 3 is 3.00 bits per heavy atom. The van der Waals surface area contributed by atoms with Crippen molar-refractivity contribution in [3.63, 3.8) is 0 Å². The fourth-order valence-corrected chi connectivity index (χ4v) is 2.41. The highest BCUT2D eigenvalue weighted by Gasteiger charge is 2.17. The zero-order valence-electron chi connectivity index (χ0n) is 11.2. The van der Waals surface area contributed by atoms with Crippen LogP contribution in [0.3, 0.4) is 0 Å². The van der Waals surface area contributed by atoms with Crippen LogP contribution in [0, 0.1) is 0 Å². The van der Waals surface area contributed by atoms with Crippen LogP contribution in [0.15, 0.2) is 42.7 Å². The first kappa shape index (κ1) is 13.6. The summed E-state index contributed by atoms with van der Waals surface area (Å²) in [5, 5.41) is 0.418. The molecule has 0 aliphatic carbocycles. The van der Waals surface area contributed by atoms with Gasteiger partial charge in [-0.25, -0.2) is 9.97 Å². The summed E-state index contributed by atoms with van der Waals surface area (Å²) in [5.74, 6) is 0.233. The highest BCUT2D eigenvalue weighted by molar-refractivity contribution is 6.32. The second-order valence-electron chi connectivity index (χ2n) is 4.66. The molecule has 106 valence electrons. The van der Waals surface area contributed by atoms with Gasteiger partial charge in [0.05, 0.1) is 16.9 Å². The summed E-state index contributed by atoms with van der Waals surface area (Å²) in [5.41, 5.74) is 7.74. The molecule has 5 nitrogen and oxygen atoms in total. The summed E-state index contributed by atoms with van der Waals surface area (Å²) in [6.07, 6.45) is 6.54. The number of carbonyl (C=O) groups is 1. The van der Waals surface area contributed by atoms with Crippen molar-refractivity contribution in [3.8, 4) is 11.3 Å². The Morgan fingerprint density at radius 2 is 2.19 bits per heavy atom. The second kappa shape index (κ2) is 5.54. The van der Waals surface area contributed by atoms with E-state index in [0.29, 0.717) is 17.1 Å². The fourth-order valence-electron chi connectivity index (χ4n) is 2.21. The van der Waals surface area contributed by atoms with Crippen LogP contribution in [-0.2, 0) is 4.79 Å². The third-order valence-corrected chi connectivity index (χ3v) is 3.49. The summed E-state index contributed by atoms with van der Waals surface area (Å²) in [6, 6.07) is 7.46. The number of benzene rings is 1. The smallest absolute Gasteiger partial charge is 0.231 e. The van der Waals surface area contributed by atoms with Gasteiger partial charge in [-0.3, -0.25) is 9.69 Å². The number of halogens is 1. The van der Waals surface area contributed by atoms with Crippen molar-refractivity contribution >= 4 is 29.1 Å². The van der Waals surface area contributed by atoms with Gasteiger partial charge in [0.15, 0.2) is 0 Å². The molecule has 3 rings (SSSR count). The minimum absolute atomic E-state index is 0.0722. The molecule has 2 N–H and O–H groups in total. The standard InChI is InChI=1S/C15H13ClN4O/c16-12-9-18-15(17)19-14(12)10-4-3-5-11(8-10)20-7-2-1-6-13(20)21/h2-5,7-9H,1,6H2,(H2,17,18,19). The molecule has 21 heavy (non-hydrogen) atoms. The zero-order valence-corrected chi connectivity index (χ0v) is 11.9. The maximum Gasteiger partial charge on any atom is 0.231 e. The van der Waals surface area contributed by atoms with E-state index >= 15 is 0 Å². The van der Waals surface area contributed by atoms with E-state index in [0.717, 1.165) is 17.7 Å². The molecule has 1 aliphatic heterocycles. The summed E-state index contributed by atoms with van der Waals surface area (Å²) in [7, 11) is 0. The minimum atomic E-state index is 0.0722. The number of rotatable bonds is 2. The molecule has 1 aromatic heterocycles. The third kappa shape index (κ3) is 2.73. The van der Waals surface area contributed by atoms with Gasteiger partial charge in [0.1, 0.15) is 0 Å². The van der Waals surface area contributed by atoms with Gasteiger partial charge in [0.25, 0.3) is 0 Å². The Bertz CT molecular complexity index is 729. The average Bonchev–Trinajstić information content (AvgIpc) is 2.50. The van der Waals surface area contributed by atoms with E-state index in [1.165, 1.54) is 6.20 Å². The number of amides is 1. The monoisotopic (exact) mass is 300 g/mol. The van der Waals surface area contributed by atoms with Gasteiger partial charge in [0.2, 0.25) is 11.9 Å². The van der Waals surface area contributed by atoms with E-state index < -0.39 is 0 Å². The maximum absolute atomic E-state index is 12.0. The predicted octanol–water partition coefficient (Wildman–Crippen LogP) is 3.02. The van der Waals surface area contributed by atoms with Gasteiger partial charge in [0, 0.05) is 23.9 Å². The van der Waals surface area contributed by atoms with Crippen molar-refractivity contribution in [3.05, 3.63) is 47.8 Å². The van der Waals surface area contributed by atoms with Crippen molar-refractivity contribution in [2.75, 3.05) is 10.6 Å². The third-order valence-electron chi connectivity index (χ3n) is 3.21. The van der Waals surface area contributed by atoms with Crippen molar-refractivity contribution in [2.24, 2.45) is 0 Å². The molecule has 2 heterocycles. The molecule has 0 saturated heterocycles. The Labute approximate surface area is 127 Å². The molecule has 0 saturated carbocycles. The van der Waals surface area contributed by atoms with Crippen LogP contribution in [0.4, 0.5) is 11.6 Å². The van der Waals surface area contributed by atoms with Crippen molar-refractivity contribution < 1.29 is 4.79 Å². The van der Waals surface area contributed by atoms with Gasteiger partial charge in [-0.1, -0.05) is 29.8 Å². The number of hydrogen-bond acceptors (Lipinski definition) is 4. The van der Waals surface area contributed by atoms with E-state index in [9.17, 15) is 4.79 Å². The second-order valence-corrected chi connectivity index (χ2v) is 5.07. The first-order valence-corrected chi connectivity index (χ1v) is 6.90. The van der Waals surface area contributed by atoms with Crippen molar-refractivity contribution in [1.82, 2.24) is 9.97 Å². The van der Waals surface area contributed by atoms with Crippen LogP contribution in [0.2, 0.25) is 5.02 Å². The predicted molar refractivity (Wildman–Crippen MR) is 82.8 cm³/mol. The summed E-state index contributed by atoms with van der Waals surface area (Å²) >= 11 is 6.12. The first-order chi connectivity index (χ1) is 10.1. The molecule has 0 spiro atoms. The molecule has 0 radical (unpaired) electrons. The fraction of sp³-hybridized carbons (Fsp3) is 0.133. The number of nitrogens with zero attached hydrogens (tertiary/aromatic N) is 3. The Hall–Kier alpha value is -2.40. The molecule has 0 atom stereocenters. The van der Waals surface area contributed by atoms with Crippen LogP contribution in [0.1, 0.15) is 12.8 Å². The number of anilines is 2. The molecule has 6 heteroatoms. The Balaban J connectivity index is 2.04. The highest BCUT2D eigenvalue weighted by Crippen LogP contribution is 2.29. The lowest BCUT2D eigenvalue weighted by Crippen LogP contribution is -2.27. The number of aromatic nitrogens is 2. The number of allylic oxidation sites excluding steroid dienone is 1. The van der Waals surface area contributed by atoms with Crippen LogP contribution >= 0.6 is 11.6 Å². The van der Waals surface area contributed by atoms with E-state index in [1.807, 2.05) is 30.3 Å². The molecule has 1 aromatic carbocycles. The number of nitrogen functional groups attached to an aromatic ring is 1. The number of carbonyl (C=O) groups excluding carboxylic acids is 1. The average molecular weight is 301 g/mol.